The quantitative estimate of drug-likeness (QED) is 0.752. The molecule has 2 heteroatoms. The Morgan fingerprint density at radius 1 is 1.33 bits per heavy atom. The van der Waals surface area contributed by atoms with Gasteiger partial charge in [-0.25, -0.2) is 0 Å². The lowest BCUT2D eigenvalue weighted by Gasteiger charge is -2.40. The van der Waals surface area contributed by atoms with Gasteiger partial charge in [0, 0.05) is 10.7 Å². The van der Waals surface area contributed by atoms with Gasteiger partial charge in [0.25, 0.3) is 0 Å². The van der Waals surface area contributed by atoms with E-state index in [0.717, 1.165) is 17.7 Å². The highest BCUT2D eigenvalue weighted by molar-refractivity contribution is 9.09. The largest absolute Gasteiger partial charge is 0.493 e. The standard InChI is InChI=1S/C13H17BrO/c1-11-5-2-3-6-12(11)15-10-13(9-14)7-4-8-13/h2-3,5-6H,4,7-10H2,1H3. The molecule has 0 spiro atoms. The van der Waals surface area contributed by atoms with Gasteiger partial charge in [0.1, 0.15) is 5.75 Å². The number of hydrogen-bond donors (Lipinski definition) is 0. The van der Waals surface area contributed by atoms with Crippen molar-refractivity contribution in [2.45, 2.75) is 26.2 Å². The van der Waals surface area contributed by atoms with Crippen LogP contribution in [0, 0.1) is 12.3 Å². The maximum atomic E-state index is 5.90. The summed E-state index contributed by atoms with van der Waals surface area (Å²) in [5.41, 5.74) is 1.63. The first-order valence-corrected chi connectivity index (χ1v) is 6.62. The lowest BCUT2D eigenvalue weighted by molar-refractivity contribution is 0.0834. The number of ether oxygens (including phenoxy) is 1. The van der Waals surface area contributed by atoms with Gasteiger partial charge in [-0.2, -0.15) is 0 Å². The van der Waals surface area contributed by atoms with E-state index < -0.39 is 0 Å². The van der Waals surface area contributed by atoms with Crippen molar-refractivity contribution in [3.8, 4) is 5.75 Å². The molecule has 0 radical (unpaired) electrons. The Hall–Kier alpha value is -0.500. The average molecular weight is 269 g/mol. The Balaban J connectivity index is 1.95. The van der Waals surface area contributed by atoms with Gasteiger partial charge >= 0.3 is 0 Å². The molecule has 0 atom stereocenters. The van der Waals surface area contributed by atoms with Crippen molar-refractivity contribution in [1.82, 2.24) is 0 Å². The maximum Gasteiger partial charge on any atom is 0.122 e. The molecule has 0 amide bonds. The predicted octanol–water partition coefficient (Wildman–Crippen LogP) is 3.94. The van der Waals surface area contributed by atoms with Crippen LogP contribution in [-0.4, -0.2) is 11.9 Å². The van der Waals surface area contributed by atoms with E-state index in [1.165, 1.54) is 24.8 Å². The minimum Gasteiger partial charge on any atom is -0.493 e. The number of halogens is 1. The molecular weight excluding hydrogens is 252 g/mol. The van der Waals surface area contributed by atoms with Gasteiger partial charge in [-0.15, -0.1) is 0 Å². The van der Waals surface area contributed by atoms with E-state index in [1.54, 1.807) is 0 Å². The molecule has 1 aromatic carbocycles. The Kier molecular flexibility index (Phi) is 3.35. The van der Waals surface area contributed by atoms with Gasteiger partial charge in [0.15, 0.2) is 0 Å². The summed E-state index contributed by atoms with van der Waals surface area (Å²) in [6.07, 6.45) is 3.94. The number of hydrogen-bond acceptors (Lipinski definition) is 1. The molecule has 0 aromatic heterocycles. The Bertz CT molecular complexity index is 326. The number of alkyl halides is 1. The van der Waals surface area contributed by atoms with Gasteiger partial charge < -0.3 is 4.74 Å². The molecule has 0 heterocycles. The van der Waals surface area contributed by atoms with Crippen LogP contribution in [0.2, 0.25) is 0 Å². The highest BCUT2D eigenvalue weighted by Gasteiger charge is 2.36. The molecule has 1 fully saturated rings. The molecule has 0 aliphatic heterocycles. The SMILES string of the molecule is Cc1ccccc1OCC1(CBr)CCC1. The second kappa shape index (κ2) is 4.56. The van der Waals surface area contributed by atoms with Crippen LogP contribution in [0.15, 0.2) is 24.3 Å². The van der Waals surface area contributed by atoms with Crippen LogP contribution < -0.4 is 4.74 Å². The maximum absolute atomic E-state index is 5.90. The summed E-state index contributed by atoms with van der Waals surface area (Å²) in [5.74, 6) is 1.03. The molecule has 1 nitrogen and oxygen atoms in total. The van der Waals surface area contributed by atoms with E-state index in [-0.39, 0.29) is 0 Å². The number of aryl methyl sites for hydroxylation is 1. The second-order valence-corrected chi connectivity index (χ2v) is 5.10. The smallest absolute Gasteiger partial charge is 0.122 e. The summed E-state index contributed by atoms with van der Waals surface area (Å²) in [7, 11) is 0. The van der Waals surface area contributed by atoms with Crippen LogP contribution in [-0.2, 0) is 0 Å². The lowest BCUT2D eigenvalue weighted by atomic mass is 9.71. The molecule has 1 saturated carbocycles. The monoisotopic (exact) mass is 268 g/mol. The topological polar surface area (TPSA) is 9.23 Å². The molecular formula is C13H17BrO. The van der Waals surface area contributed by atoms with E-state index in [1.807, 2.05) is 12.1 Å². The van der Waals surface area contributed by atoms with Crippen LogP contribution in [0.4, 0.5) is 0 Å². The molecule has 0 N–H and O–H groups in total. The van der Waals surface area contributed by atoms with Crippen LogP contribution in [0.3, 0.4) is 0 Å². The second-order valence-electron chi connectivity index (χ2n) is 4.54. The van der Waals surface area contributed by atoms with Gasteiger partial charge in [-0.3, -0.25) is 0 Å². The van der Waals surface area contributed by atoms with Crippen molar-refractivity contribution in [3.05, 3.63) is 29.8 Å². The zero-order chi connectivity index (χ0) is 10.7. The van der Waals surface area contributed by atoms with Gasteiger partial charge in [-0.1, -0.05) is 40.5 Å². The minimum atomic E-state index is 0.405. The molecule has 82 valence electrons. The fourth-order valence-electron chi connectivity index (χ4n) is 1.94. The summed E-state index contributed by atoms with van der Waals surface area (Å²) in [6, 6.07) is 8.22. The van der Waals surface area contributed by atoms with Crippen molar-refractivity contribution >= 4 is 15.9 Å². The predicted molar refractivity (Wildman–Crippen MR) is 66.8 cm³/mol. The van der Waals surface area contributed by atoms with Crippen LogP contribution >= 0.6 is 15.9 Å². The van der Waals surface area contributed by atoms with Gasteiger partial charge in [-0.05, 0) is 31.4 Å². The summed E-state index contributed by atoms with van der Waals surface area (Å²) < 4.78 is 5.90. The summed E-state index contributed by atoms with van der Waals surface area (Å²) in [4.78, 5) is 0. The summed E-state index contributed by atoms with van der Waals surface area (Å²) in [5, 5.41) is 1.06. The van der Waals surface area contributed by atoms with Gasteiger partial charge in [0.2, 0.25) is 0 Å². The highest BCUT2D eigenvalue weighted by Crippen LogP contribution is 2.42. The van der Waals surface area contributed by atoms with Crippen molar-refractivity contribution in [1.29, 1.82) is 0 Å². The molecule has 1 aliphatic carbocycles. The van der Waals surface area contributed by atoms with Crippen molar-refractivity contribution in [3.63, 3.8) is 0 Å². The molecule has 1 aromatic rings. The minimum absolute atomic E-state index is 0.405. The lowest BCUT2D eigenvalue weighted by Crippen LogP contribution is -2.37. The molecule has 0 unspecified atom stereocenters. The third-order valence-electron chi connectivity index (χ3n) is 3.33. The number of rotatable bonds is 4. The number of benzene rings is 1. The van der Waals surface area contributed by atoms with Crippen molar-refractivity contribution in [2.24, 2.45) is 5.41 Å². The Morgan fingerprint density at radius 2 is 2.07 bits per heavy atom. The van der Waals surface area contributed by atoms with Crippen molar-refractivity contribution < 1.29 is 4.74 Å². The van der Waals surface area contributed by atoms with E-state index in [0.29, 0.717) is 5.41 Å². The first kappa shape index (κ1) is 11.0. The first-order valence-electron chi connectivity index (χ1n) is 5.50. The zero-order valence-electron chi connectivity index (χ0n) is 9.13. The Morgan fingerprint density at radius 3 is 2.60 bits per heavy atom. The van der Waals surface area contributed by atoms with E-state index in [4.69, 9.17) is 4.74 Å². The fourth-order valence-corrected chi connectivity index (χ4v) is 2.67. The summed E-state index contributed by atoms with van der Waals surface area (Å²) in [6.45, 7) is 2.94. The fraction of sp³-hybridized carbons (Fsp3) is 0.538. The first-order chi connectivity index (χ1) is 7.26. The zero-order valence-corrected chi connectivity index (χ0v) is 10.7. The van der Waals surface area contributed by atoms with Gasteiger partial charge in [0.05, 0.1) is 6.61 Å². The third-order valence-corrected chi connectivity index (χ3v) is 4.51. The van der Waals surface area contributed by atoms with Crippen LogP contribution in [0.1, 0.15) is 24.8 Å². The normalized spacial score (nSPS) is 18.3. The van der Waals surface area contributed by atoms with E-state index in [9.17, 15) is 0 Å². The van der Waals surface area contributed by atoms with Crippen LogP contribution in [0.25, 0.3) is 0 Å². The number of para-hydroxylation sites is 1. The molecule has 15 heavy (non-hydrogen) atoms. The molecule has 0 bridgehead atoms. The third kappa shape index (κ3) is 2.36. The van der Waals surface area contributed by atoms with E-state index in [2.05, 4.69) is 35.0 Å². The average Bonchev–Trinajstić information content (AvgIpc) is 2.19. The molecule has 1 aliphatic rings. The highest BCUT2D eigenvalue weighted by atomic mass is 79.9. The molecule has 2 rings (SSSR count). The van der Waals surface area contributed by atoms with Crippen molar-refractivity contribution in [2.75, 3.05) is 11.9 Å². The molecule has 0 saturated heterocycles. The van der Waals surface area contributed by atoms with Crippen LogP contribution in [0.5, 0.6) is 5.75 Å². The Labute approximate surface area is 100.0 Å². The van der Waals surface area contributed by atoms with E-state index >= 15 is 0 Å². The summed E-state index contributed by atoms with van der Waals surface area (Å²) >= 11 is 3.60.